The summed E-state index contributed by atoms with van der Waals surface area (Å²) < 4.78 is 57.4. The summed E-state index contributed by atoms with van der Waals surface area (Å²) in [5.74, 6) is -4.05. The van der Waals surface area contributed by atoms with Gasteiger partial charge in [-0.05, 0) is 0 Å². The molecular formula is C8H12F4O2. The second-order valence-corrected chi connectivity index (χ2v) is 3.86. The van der Waals surface area contributed by atoms with Gasteiger partial charge >= 0.3 is 12.3 Å². The zero-order chi connectivity index (χ0) is 10.8. The van der Waals surface area contributed by atoms with Crippen molar-refractivity contribution in [1.29, 1.82) is 0 Å². The summed E-state index contributed by atoms with van der Waals surface area (Å²) in [6, 6.07) is 0. The third-order valence-corrected chi connectivity index (χ3v) is 1.97. The normalized spacial score (nSPS) is 21.0. The fraction of sp³-hybridized carbons (Fsp3) is 1.00. The Morgan fingerprint density at radius 3 is 2.36 bits per heavy atom. The van der Waals surface area contributed by atoms with Crippen molar-refractivity contribution in [2.45, 2.75) is 19.3 Å². The van der Waals surface area contributed by atoms with Crippen molar-refractivity contribution in [3.63, 3.8) is 0 Å². The van der Waals surface area contributed by atoms with Crippen molar-refractivity contribution in [3.05, 3.63) is 0 Å². The molecule has 0 bridgehead atoms. The summed E-state index contributed by atoms with van der Waals surface area (Å²) >= 11 is 0. The summed E-state index contributed by atoms with van der Waals surface area (Å²) in [5.41, 5.74) is -0.293. The maximum absolute atomic E-state index is 12.3. The standard InChI is InChI=1S/C8H12F4O2/c1-7(2-13-3-7)4-14-5-8(11,12)6(9)10/h6H,2-5H2,1H3. The molecule has 84 valence electrons. The molecule has 0 unspecified atom stereocenters. The molecule has 1 rings (SSSR count). The van der Waals surface area contributed by atoms with Crippen LogP contribution in [0.4, 0.5) is 17.6 Å². The Morgan fingerprint density at radius 2 is 2.00 bits per heavy atom. The molecule has 2 nitrogen and oxygen atoms in total. The second kappa shape index (κ2) is 4.02. The monoisotopic (exact) mass is 216 g/mol. The lowest BCUT2D eigenvalue weighted by molar-refractivity contribution is -0.192. The van der Waals surface area contributed by atoms with Gasteiger partial charge in [0, 0.05) is 5.41 Å². The predicted molar refractivity (Wildman–Crippen MR) is 40.7 cm³/mol. The van der Waals surface area contributed by atoms with Crippen LogP contribution in [-0.4, -0.2) is 38.8 Å². The first-order valence-electron chi connectivity index (χ1n) is 4.17. The predicted octanol–water partition coefficient (Wildman–Crippen LogP) is 1.94. The minimum atomic E-state index is -4.05. The van der Waals surface area contributed by atoms with Gasteiger partial charge in [0.05, 0.1) is 19.8 Å². The molecule has 1 aliphatic rings. The van der Waals surface area contributed by atoms with E-state index in [1.54, 1.807) is 6.92 Å². The molecule has 0 amide bonds. The van der Waals surface area contributed by atoms with Crippen molar-refractivity contribution >= 4 is 0 Å². The van der Waals surface area contributed by atoms with Crippen LogP contribution < -0.4 is 0 Å². The number of alkyl halides is 4. The SMILES string of the molecule is CC1(COCC(F)(F)C(F)F)COC1. The maximum atomic E-state index is 12.3. The van der Waals surface area contributed by atoms with Crippen LogP contribution in [0.2, 0.25) is 0 Å². The molecule has 0 spiro atoms. The largest absolute Gasteiger partial charge is 0.380 e. The Balaban J connectivity index is 2.20. The highest BCUT2D eigenvalue weighted by atomic mass is 19.3. The molecule has 0 radical (unpaired) electrons. The van der Waals surface area contributed by atoms with Crippen molar-refractivity contribution in [3.8, 4) is 0 Å². The van der Waals surface area contributed by atoms with E-state index in [1.165, 1.54) is 0 Å². The van der Waals surface area contributed by atoms with E-state index >= 15 is 0 Å². The molecule has 6 heteroatoms. The van der Waals surface area contributed by atoms with Gasteiger partial charge in [0.15, 0.2) is 0 Å². The van der Waals surface area contributed by atoms with Crippen molar-refractivity contribution in [1.82, 2.24) is 0 Å². The summed E-state index contributed by atoms with van der Waals surface area (Å²) in [6.07, 6.45) is -3.67. The lowest BCUT2D eigenvalue weighted by Gasteiger charge is -2.37. The van der Waals surface area contributed by atoms with Crippen molar-refractivity contribution in [2.75, 3.05) is 26.4 Å². The van der Waals surface area contributed by atoms with E-state index in [0.29, 0.717) is 13.2 Å². The van der Waals surface area contributed by atoms with E-state index in [0.717, 1.165) is 0 Å². The van der Waals surface area contributed by atoms with Gasteiger partial charge in [-0.15, -0.1) is 0 Å². The average Bonchev–Trinajstić information content (AvgIpc) is 2.00. The number of rotatable bonds is 5. The van der Waals surface area contributed by atoms with E-state index in [-0.39, 0.29) is 12.0 Å². The van der Waals surface area contributed by atoms with Gasteiger partial charge in [0.25, 0.3) is 0 Å². The molecule has 0 aromatic heterocycles. The zero-order valence-electron chi connectivity index (χ0n) is 7.73. The third kappa shape index (κ3) is 2.81. The zero-order valence-corrected chi connectivity index (χ0v) is 7.73. The Kier molecular flexibility index (Phi) is 3.36. The third-order valence-electron chi connectivity index (χ3n) is 1.97. The van der Waals surface area contributed by atoms with Gasteiger partial charge in [-0.2, -0.15) is 8.78 Å². The van der Waals surface area contributed by atoms with E-state index in [4.69, 9.17) is 4.74 Å². The first-order valence-corrected chi connectivity index (χ1v) is 4.17. The van der Waals surface area contributed by atoms with Gasteiger partial charge in [-0.1, -0.05) is 6.92 Å². The number of hydrogen-bond donors (Lipinski definition) is 0. The Morgan fingerprint density at radius 1 is 1.43 bits per heavy atom. The van der Waals surface area contributed by atoms with Crippen LogP contribution in [0, 0.1) is 5.41 Å². The maximum Gasteiger partial charge on any atom is 0.330 e. The first kappa shape index (κ1) is 11.7. The molecule has 14 heavy (non-hydrogen) atoms. The smallest absolute Gasteiger partial charge is 0.330 e. The Labute approximate surface area is 79.2 Å². The highest BCUT2D eigenvalue weighted by Gasteiger charge is 2.42. The number of hydrogen-bond acceptors (Lipinski definition) is 2. The van der Waals surface area contributed by atoms with Crippen LogP contribution in [0.15, 0.2) is 0 Å². The van der Waals surface area contributed by atoms with Gasteiger partial charge < -0.3 is 9.47 Å². The van der Waals surface area contributed by atoms with Gasteiger partial charge in [-0.25, -0.2) is 8.78 Å². The molecule has 1 aliphatic heterocycles. The fourth-order valence-electron chi connectivity index (χ4n) is 1.03. The van der Waals surface area contributed by atoms with Gasteiger partial charge in [0.2, 0.25) is 0 Å². The number of halogens is 4. The molecule has 0 N–H and O–H groups in total. The van der Waals surface area contributed by atoms with E-state index < -0.39 is 19.0 Å². The van der Waals surface area contributed by atoms with Gasteiger partial charge in [-0.3, -0.25) is 0 Å². The molecule has 1 saturated heterocycles. The Hall–Kier alpha value is -0.360. The number of ether oxygens (including phenoxy) is 2. The second-order valence-electron chi connectivity index (χ2n) is 3.86. The molecule has 0 aliphatic carbocycles. The van der Waals surface area contributed by atoms with E-state index in [2.05, 4.69) is 4.74 Å². The molecule has 1 fully saturated rings. The minimum Gasteiger partial charge on any atom is -0.380 e. The minimum absolute atomic E-state index is 0.0231. The molecule has 0 atom stereocenters. The average molecular weight is 216 g/mol. The van der Waals surface area contributed by atoms with Crippen LogP contribution in [0.3, 0.4) is 0 Å². The fourth-order valence-corrected chi connectivity index (χ4v) is 1.03. The van der Waals surface area contributed by atoms with Crippen molar-refractivity contribution in [2.24, 2.45) is 5.41 Å². The quantitative estimate of drug-likeness (QED) is 0.654. The molecule has 0 aromatic carbocycles. The topological polar surface area (TPSA) is 18.5 Å². The summed E-state index contributed by atoms with van der Waals surface area (Å²) in [7, 11) is 0. The Bertz CT molecular complexity index is 192. The summed E-state index contributed by atoms with van der Waals surface area (Å²) in [5, 5.41) is 0. The van der Waals surface area contributed by atoms with Crippen LogP contribution in [0.1, 0.15) is 6.92 Å². The van der Waals surface area contributed by atoms with Gasteiger partial charge in [0.1, 0.15) is 6.61 Å². The van der Waals surface area contributed by atoms with E-state index in [9.17, 15) is 17.6 Å². The summed E-state index contributed by atoms with van der Waals surface area (Å²) in [4.78, 5) is 0. The van der Waals surface area contributed by atoms with Crippen LogP contribution in [0.25, 0.3) is 0 Å². The highest BCUT2D eigenvalue weighted by molar-refractivity contribution is 4.80. The highest BCUT2D eigenvalue weighted by Crippen LogP contribution is 2.28. The van der Waals surface area contributed by atoms with Crippen molar-refractivity contribution < 1.29 is 27.0 Å². The molecule has 1 heterocycles. The lowest BCUT2D eigenvalue weighted by Crippen LogP contribution is -2.45. The van der Waals surface area contributed by atoms with Crippen LogP contribution in [0.5, 0.6) is 0 Å². The molecule has 0 saturated carbocycles. The van der Waals surface area contributed by atoms with Crippen LogP contribution >= 0.6 is 0 Å². The van der Waals surface area contributed by atoms with E-state index in [1.807, 2.05) is 0 Å². The summed E-state index contributed by atoms with van der Waals surface area (Å²) in [6.45, 7) is 1.42. The lowest BCUT2D eigenvalue weighted by atomic mass is 9.90. The molecule has 0 aromatic rings. The van der Waals surface area contributed by atoms with Crippen LogP contribution in [-0.2, 0) is 9.47 Å². The first-order chi connectivity index (χ1) is 6.36. The molecular weight excluding hydrogens is 204 g/mol.